The first kappa shape index (κ1) is 10.1. The van der Waals surface area contributed by atoms with E-state index in [0.717, 1.165) is 18.6 Å². The Bertz CT molecular complexity index is 259. The summed E-state index contributed by atoms with van der Waals surface area (Å²) in [6.45, 7) is 2.04. The fourth-order valence-corrected chi connectivity index (χ4v) is 1.33. The highest BCUT2D eigenvalue weighted by Gasteiger charge is 2.03. The molecule has 1 aromatic heterocycles. The molecule has 0 aliphatic heterocycles. The van der Waals surface area contributed by atoms with Crippen molar-refractivity contribution in [2.75, 3.05) is 0 Å². The molecule has 1 aromatic rings. The molecular formula is C9H14N2OS. The minimum Gasteiger partial charge on any atom is -0.469 e. The van der Waals surface area contributed by atoms with Crippen LogP contribution in [0, 0.1) is 0 Å². The van der Waals surface area contributed by atoms with E-state index in [1.54, 1.807) is 6.26 Å². The minimum absolute atomic E-state index is 0.294. The van der Waals surface area contributed by atoms with Crippen molar-refractivity contribution in [3.8, 4) is 0 Å². The van der Waals surface area contributed by atoms with Gasteiger partial charge in [-0.3, -0.25) is 0 Å². The summed E-state index contributed by atoms with van der Waals surface area (Å²) in [4.78, 5) is 0. The SMILES string of the molecule is CC(CCc1ccco1)NC(N)=S. The summed E-state index contributed by atoms with van der Waals surface area (Å²) in [6.07, 6.45) is 3.55. The molecule has 3 N–H and O–H groups in total. The summed E-state index contributed by atoms with van der Waals surface area (Å²) in [7, 11) is 0. The Labute approximate surface area is 83.3 Å². The van der Waals surface area contributed by atoms with E-state index >= 15 is 0 Å². The molecule has 0 saturated carbocycles. The third-order valence-electron chi connectivity index (χ3n) is 1.79. The first-order valence-corrected chi connectivity index (χ1v) is 4.67. The molecule has 0 bridgehead atoms. The summed E-state index contributed by atoms with van der Waals surface area (Å²) in [5.41, 5.74) is 5.34. The summed E-state index contributed by atoms with van der Waals surface area (Å²) < 4.78 is 5.20. The van der Waals surface area contributed by atoms with Crippen LogP contribution in [0.5, 0.6) is 0 Å². The van der Waals surface area contributed by atoms with Crippen molar-refractivity contribution in [2.24, 2.45) is 5.73 Å². The van der Waals surface area contributed by atoms with E-state index in [-0.39, 0.29) is 0 Å². The number of furan rings is 1. The Morgan fingerprint density at radius 3 is 3.08 bits per heavy atom. The molecule has 0 aliphatic carbocycles. The van der Waals surface area contributed by atoms with E-state index in [1.165, 1.54) is 0 Å². The molecular weight excluding hydrogens is 184 g/mol. The van der Waals surface area contributed by atoms with Crippen molar-refractivity contribution in [1.82, 2.24) is 5.32 Å². The molecule has 0 aliphatic rings. The standard InChI is InChI=1S/C9H14N2OS/c1-7(11-9(10)13)4-5-8-3-2-6-12-8/h2-3,6-7H,4-5H2,1H3,(H3,10,11,13). The number of thiocarbonyl (C=S) groups is 1. The van der Waals surface area contributed by atoms with Gasteiger partial charge in [0.2, 0.25) is 0 Å². The Hall–Kier alpha value is -1.03. The van der Waals surface area contributed by atoms with Crippen LogP contribution in [0.25, 0.3) is 0 Å². The van der Waals surface area contributed by atoms with Crippen LogP contribution in [0.4, 0.5) is 0 Å². The van der Waals surface area contributed by atoms with E-state index in [4.69, 9.17) is 22.4 Å². The number of hydrogen-bond donors (Lipinski definition) is 2. The Morgan fingerprint density at radius 1 is 1.77 bits per heavy atom. The third-order valence-corrected chi connectivity index (χ3v) is 1.91. The number of rotatable bonds is 4. The lowest BCUT2D eigenvalue weighted by Crippen LogP contribution is -2.36. The maximum absolute atomic E-state index is 5.34. The molecule has 0 radical (unpaired) electrons. The molecule has 0 aromatic carbocycles. The molecule has 1 unspecified atom stereocenters. The van der Waals surface area contributed by atoms with E-state index < -0.39 is 0 Å². The van der Waals surface area contributed by atoms with Crippen LogP contribution in [0.15, 0.2) is 22.8 Å². The van der Waals surface area contributed by atoms with Crippen molar-refractivity contribution >= 4 is 17.3 Å². The van der Waals surface area contributed by atoms with Gasteiger partial charge in [-0.15, -0.1) is 0 Å². The fourth-order valence-electron chi connectivity index (χ4n) is 1.13. The lowest BCUT2D eigenvalue weighted by atomic mass is 10.1. The summed E-state index contributed by atoms with van der Waals surface area (Å²) in [5.74, 6) is 0.997. The second-order valence-corrected chi connectivity index (χ2v) is 3.47. The average Bonchev–Trinajstić information content (AvgIpc) is 2.51. The molecule has 1 rings (SSSR count). The Balaban J connectivity index is 2.22. The van der Waals surface area contributed by atoms with Crippen LogP contribution in [0.1, 0.15) is 19.1 Å². The van der Waals surface area contributed by atoms with Gasteiger partial charge in [0, 0.05) is 12.5 Å². The number of nitrogens with two attached hydrogens (primary N) is 1. The zero-order chi connectivity index (χ0) is 9.68. The van der Waals surface area contributed by atoms with Gasteiger partial charge in [-0.1, -0.05) is 0 Å². The lowest BCUT2D eigenvalue weighted by Gasteiger charge is -2.11. The highest BCUT2D eigenvalue weighted by Crippen LogP contribution is 2.05. The highest BCUT2D eigenvalue weighted by atomic mass is 32.1. The van der Waals surface area contributed by atoms with Crippen molar-refractivity contribution in [1.29, 1.82) is 0 Å². The van der Waals surface area contributed by atoms with Crippen molar-refractivity contribution in [2.45, 2.75) is 25.8 Å². The first-order valence-electron chi connectivity index (χ1n) is 4.27. The van der Waals surface area contributed by atoms with Crippen LogP contribution < -0.4 is 11.1 Å². The summed E-state index contributed by atoms with van der Waals surface area (Å²) in [5, 5.41) is 3.33. The van der Waals surface area contributed by atoms with Gasteiger partial charge in [0.25, 0.3) is 0 Å². The second-order valence-electron chi connectivity index (χ2n) is 3.03. The molecule has 72 valence electrons. The molecule has 1 atom stereocenters. The number of hydrogen-bond acceptors (Lipinski definition) is 2. The van der Waals surface area contributed by atoms with E-state index in [1.807, 2.05) is 19.1 Å². The first-order chi connectivity index (χ1) is 6.18. The summed E-state index contributed by atoms with van der Waals surface area (Å²) in [6, 6.07) is 4.15. The highest BCUT2D eigenvalue weighted by molar-refractivity contribution is 7.80. The maximum Gasteiger partial charge on any atom is 0.163 e. The van der Waals surface area contributed by atoms with Crippen molar-refractivity contribution in [3.63, 3.8) is 0 Å². The van der Waals surface area contributed by atoms with Crippen LogP contribution in [0.3, 0.4) is 0 Å². The molecule has 13 heavy (non-hydrogen) atoms. The molecule has 4 heteroatoms. The minimum atomic E-state index is 0.294. The predicted molar refractivity (Wildman–Crippen MR) is 56.4 cm³/mol. The van der Waals surface area contributed by atoms with Crippen LogP contribution >= 0.6 is 12.2 Å². The molecule has 1 heterocycles. The van der Waals surface area contributed by atoms with Gasteiger partial charge >= 0.3 is 0 Å². The maximum atomic E-state index is 5.34. The number of nitrogens with one attached hydrogen (secondary N) is 1. The zero-order valence-electron chi connectivity index (χ0n) is 7.62. The van der Waals surface area contributed by atoms with E-state index in [9.17, 15) is 0 Å². The predicted octanol–water partition coefficient (Wildman–Crippen LogP) is 1.43. The van der Waals surface area contributed by atoms with Crippen LogP contribution in [-0.4, -0.2) is 11.2 Å². The topological polar surface area (TPSA) is 51.2 Å². The van der Waals surface area contributed by atoms with Gasteiger partial charge in [-0.05, 0) is 37.7 Å². The van der Waals surface area contributed by atoms with Gasteiger partial charge in [-0.25, -0.2) is 0 Å². The number of aryl methyl sites for hydroxylation is 1. The smallest absolute Gasteiger partial charge is 0.163 e. The van der Waals surface area contributed by atoms with Gasteiger partial charge in [-0.2, -0.15) is 0 Å². The quantitative estimate of drug-likeness (QED) is 0.719. The molecule has 3 nitrogen and oxygen atoms in total. The normalized spacial score (nSPS) is 12.4. The molecule has 0 saturated heterocycles. The van der Waals surface area contributed by atoms with Gasteiger partial charge in [0.15, 0.2) is 5.11 Å². The molecule has 0 fully saturated rings. The monoisotopic (exact) mass is 198 g/mol. The average molecular weight is 198 g/mol. The largest absolute Gasteiger partial charge is 0.469 e. The second kappa shape index (κ2) is 4.87. The zero-order valence-corrected chi connectivity index (χ0v) is 8.43. The Kier molecular flexibility index (Phi) is 3.76. The van der Waals surface area contributed by atoms with E-state index in [0.29, 0.717) is 11.2 Å². The van der Waals surface area contributed by atoms with Crippen molar-refractivity contribution < 1.29 is 4.42 Å². The van der Waals surface area contributed by atoms with Gasteiger partial charge in [0.1, 0.15) is 5.76 Å². The van der Waals surface area contributed by atoms with E-state index in [2.05, 4.69) is 5.32 Å². The molecule has 0 spiro atoms. The Morgan fingerprint density at radius 2 is 2.54 bits per heavy atom. The summed E-state index contributed by atoms with van der Waals surface area (Å²) >= 11 is 4.73. The lowest BCUT2D eigenvalue weighted by molar-refractivity contribution is 0.483. The van der Waals surface area contributed by atoms with Crippen molar-refractivity contribution in [3.05, 3.63) is 24.2 Å². The third kappa shape index (κ3) is 3.94. The van der Waals surface area contributed by atoms with Crippen LogP contribution in [0.2, 0.25) is 0 Å². The van der Waals surface area contributed by atoms with Crippen LogP contribution in [-0.2, 0) is 6.42 Å². The van der Waals surface area contributed by atoms with Gasteiger partial charge < -0.3 is 15.5 Å². The fraction of sp³-hybridized carbons (Fsp3) is 0.444. The molecule has 0 amide bonds. The van der Waals surface area contributed by atoms with Gasteiger partial charge in [0.05, 0.1) is 6.26 Å².